The molecule has 2 aromatic carbocycles. The van der Waals surface area contributed by atoms with E-state index in [2.05, 4.69) is 20.5 Å². The number of alkyl halides is 2. The highest BCUT2D eigenvalue weighted by atomic mass is 32.2. The van der Waals surface area contributed by atoms with E-state index in [4.69, 9.17) is 4.42 Å². The minimum atomic E-state index is -3.67. The standard InChI is InChI=1S/C25H25F2N5O4S2/c1-28-14-20-30-31-22(36-20)21(38(2,34)35)23-29-18-7-6-16(13-19(18)37-23)15-4-3-5-17(12-15)24(33)32-10-8-25(26,27)9-11-32/h3-7,12-13,21,28H,8-11,14H2,1-2H3. The maximum atomic E-state index is 13.5. The van der Waals surface area contributed by atoms with Crippen LogP contribution in [0.25, 0.3) is 21.3 Å². The van der Waals surface area contributed by atoms with Crippen LogP contribution in [-0.4, -0.2) is 66.7 Å². The number of aromatic nitrogens is 3. The predicted octanol–water partition coefficient (Wildman–Crippen LogP) is 4.07. The van der Waals surface area contributed by atoms with E-state index < -0.39 is 21.0 Å². The van der Waals surface area contributed by atoms with E-state index in [-0.39, 0.29) is 43.6 Å². The zero-order chi connectivity index (χ0) is 27.1. The van der Waals surface area contributed by atoms with Crippen LogP contribution in [0.2, 0.25) is 0 Å². The van der Waals surface area contributed by atoms with Crippen molar-refractivity contribution in [2.75, 3.05) is 26.4 Å². The van der Waals surface area contributed by atoms with Gasteiger partial charge in [0.05, 0.1) is 16.8 Å². The van der Waals surface area contributed by atoms with E-state index in [0.29, 0.717) is 22.6 Å². The molecule has 200 valence electrons. The SMILES string of the molecule is CNCc1nnc(C(c2nc3ccc(-c4cccc(C(=O)N5CCC(F)(F)CC5)c4)cc3s2)S(C)(=O)=O)o1. The predicted molar refractivity (Wildman–Crippen MR) is 139 cm³/mol. The Hall–Kier alpha value is -3.29. The quantitative estimate of drug-likeness (QED) is 0.359. The molecule has 38 heavy (non-hydrogen) atoms. The van der Waals surface area contributed by atoms with Crippen molar-refractivity contribution in [2.45, 2.75) is 30.6 Å². The minimum Gasteiger partial charge on any atom is -0.422 e. The summed E-state index contributed by atoms with van der Waals surface area (Å²) < 4.78 is 58.7. The average Bonchev–Trinajstić information content (AvgIpc) is 3.49. The maximum Gasteiger partial charge on any atom is 0.253 e. The number of carbonyl (C=O) groups is 1. The van der Waals surface area contributed by atoms with Gasteiger partial charge in [0.2, 0.25) is 11.8 Å². The van der Waals surface area contributed by atoms with Crippen LogP contribution in [0.5, 0.6) is 0 Å². The van der Waals surface area contributed by atoms with Gasteiger partial charge in [0.15, 0.2) is 15.1 Å². The largest absolute Gasteiger partial charge is 0.422 e. The molecule has 13 heteroatoms. The molecule has 1 N–H and O–H groups in total. The van der Waals surface area contributed by atoms with E-state index in [1.165, 1.54) is 16.2 Å². The minimum absolute atomic E-state index is 0.0175. The fraction of sp³-hybridized carbons (Fsp3) is 0.360. The van der Waals surface area contributed by atoms with Gasteiger partial charge in [-0.2, -0.15) is 0 Å². The zero-order valence-electron chi connectivity index (χ0n) is 20.6. The van der Waals surface area contributed by atoms with Gasteiger partial charge in [-0.15, -0.1) is 21.5 Å². The van der Waals surface area contributed by atoms with Gasteiger partial charge >= 0.3 is 0 Å². The Morgan fingerprint density at radius 1 is 1.16 bits per heavy atom. The molecule has 1 unspecified atom stereocenters. The molecular weight excluding hydrogens is 536 g/mol. The molecule has 1 saturated heterocycles. The zero-order valence-corrected chi connectivity index (χ0v) is 22.3. The average molecular weight is 562 g/mol. The summed E-state index contributed by atoms with van der Waals surface area (Å²) in [5.74, 6) is -2.78. The summed E-state index contributed by atoms with van der Waals surface area (Å²) in [5.41, 5.74) is 2.60. The monoisotopic (exact) mass is 561 g/mol. The number of likely N-dealkylation sites (tertiary alicyclic amines) is 1. The van der Waals surface area contributed by atoms with E-state index in [1.807, 2.05) is 18.2 Å². The molecule has 0 aliphatic carbocycles. The number of halogens is 2. The molecule has 0 bridgehead atoms. The molecule has 1 aliphatic rings. The molecule has 0 saturated carbocycles. The van der Waals surface area contributed by atoms with Crippen LogP contribution in [0, 0.1) is 0 Å². The number of benzene rings is 2. The summed E-state index contributed by atoms with van der Waals surface area (Å²) in [7, 11) is -1.96. The Labute approximate surface area is 221 Å². The van der Waals surface area contributed by atoms with E-state index in [1.54, 1.807) is 31.3 Å². The molecule has 5 rings (SSSR count). The number of hydrogen-bond acceptors (Lipinski definition) is 9. The van der Waals surface area contributed by atoms with Gasteiger partial charge in [0.1, 0.15) is 5.01 Å². The number of thiazole rings is 1. The van der Waals surface area contributed by atoms with Crippen molar-refractivity contribution in [3.05, 3.63) is 64.8 Å². The van der Waals surface area contributed by atoms with Crippen molar-refractivity contribution in [3.63, 3.8) is 0 Å². The molecule has 9 nitrogen and oxygen atoms in total. The third kappa shape index (κ3) is 5.45. The molecule has 2 aromatic heterocycles. The smallest absolute Gasteiger partial charge is 0.253 e. The summed E-state index contributed by atoms with van der Waals surface area (Å²) in [4.78, 5) is 18.9. The highest BCUT2D eigenvalue weighted by Gasteiger charge is 2.36. The number of sulfone groups is 1. The Balaban J connectivity index is 1.44. The molecular formula is C25H25F2N5O4S2. The lowest BCUT2D eigenvalue weighted by atomic mass is 10.0. The Morgan fingerprint density at radius 2 is 1.89 bits per heavy atom. The maximum absolute atomic E-state index is 13.5. The Bertz CT molecular complexity index is 1590. The third-order valence-electron chi connectivity index (χ3n) is 6.32. The Morgan fingerprint density at radius 3 is 2.61 bits per heavy atom. The number of amides is 1. The molecule has 0 spiro atoms. The molecule has 1 amide bonds. The van der Waals surface area contributed by atoms with Crippen molar-refractivity contribution in [1.82, 2.24) is 25.4 Å². The summed E-state index contributed by atoms with van der Waals surface area (Å²) in [6.07, 6.45) is 0.429. The number of nitrogens with one attached hydrogen (secondary N) is 1. The second-order valence-corrected chi connectivity index (χ2v) is 12.4. The Kier molecular flexibility index (Phi) is 7.01. The van der Waals surface area contributed by atoms with E-state index in [0.717, 1.165) is 22.1 Å². The van der Waals surface area contributed by atoms with E-state index in [9.17, 15) is 22.0 Å². The lowest BCUT2D eigenvalue weighted by molar-refractivity contribution is -0.0494. The van der Waals surface area contributed by atoms with Crippen LogP contribution in [0.3, 0.4) is 0 Å². The summed E-state index contributed by atoms with van der Waals surface area (Å²) in [6, 6.07) is 12.5. The lowest BCUT2D eigenvalue weighted by Gasteiger charge is -2.31. The number of nitrogens with zero attached hydrogens (tertiary/aromatic N) is 4. The third-order valence-corrected chi connectivity index (χ3v) is 8.83. The van der Waals surface area contributed by atoms with Crippen molar-refractivity contribution < 1.29 is 26.4 Å². The normalized spacial score (nSPS) is 16.6. The molecule has 1 fully saturated rings. The number of fused-ring (bicyclic) bond motifs is 1. The van der Waals surface area contributed by atoms with Gasteiger partial charge in [-0.25, -0.2) is 22.2 Å². The van der Waals surface area contributed by atoms with Gasteiger partial charge in [-0.05, 0) is 42.4 Å². The molecule has 1 aliphatic heterocycles. The highest BCUT2D eigenvalue weighted by Crippen LogP contribution is 2.36. The van der Waals surface area contributed by atoms with Gasteiger partial charge in [-0.3, -0.25) is 4.79 Å². The molecule has 0 radical (unpaired) electrons. The number of hydrogen-bond donors (Lipinski definition) is 1. The molecule has 4 aromatic rings. The van der Waals surface area contributed by atoms with Crippen LogP contribution in [0.1, 0.15) is 45.2 Å². The number of rotatable bonds is 7. The van der Waals surface area contributed by atoms with Gasteiger partial charge in [0.25, 0.3) is 11.8 Å². The van der Waals surface area contributed by atoms with E-state index >= 15 is 0 Å². The molecule has 3 heterocycles. The first-order valence-electron chi connectivity index (χ1n) is 11.9. The topological polar surface area (TPSA) is 118 Å². The van der Waals surface area contributed by atoms with Crippen LogP contribution in [-0.2, 0) is 16.4 Å². The molecule has 1 atom stereocenters. The summed E-state index contributed by atoms with van der Waals surface area (Å²) >= 11 is 1.21. The van der Waals surface area contributed by atoms with Crippen molar-refractivity contribution in [3.8, 4) is 11.1 Å². The highest BCUT2D eigenvalue weighted by molar-refractivity contribution is 7.91. The van der Waals surface area contributed by atoms with Crippen molar-refractivity contribution in [1.29, 1.82) is 0 Å². The van der Waals surface area contributed by atoms with Crippen LogP contribution in [0.15, 0.2) is 46.9 Å². The first kappa shape index (κ1) is 26.3. The van der Waals surface area contributed by atoms with Crippen LogP contribution in [0.4, 0.5) is 8.78 Å². The fourth-order valence-electron chi connectivity index (χ4n) is 4.35. The number of carbonyl (C=O) groups excluding carboxylic acids is 1. The first-order chi connectivity index (χ1) is 18.0. The van der Waals surface area contributed by atoms with Crippen molar-refractivity contribution >= 4 is 37.3 Å². The van der Waals surface area contributed by atoms with Crippen LogP contribution >= 0.6 is 11.3 Å². The van der Waals surface area contributed by atoms with Gasteiger partial charge < -0.3 is 14.6 Å². The first-order valence-corrected chi connectivity index (χ1v) is 14.6. The second kappa shape index (κ2) is 10.1. The number of piperidine rings is 1. The second-order valence-electron chi connectivity index (χ2n) is 9.24. The summed E-state index contributed by atoms with van der Waals surface area (Å²) in [5, 5.41) is 9.83. The van der Waals surface area contributed by atoms with Crippen molar-refractivity contribution in [2.24, 2.45) is 0 Å². The van der Waals surface area contributed by atoms with Crippen LogP contribution < -0.4 is 5.32 Å². The summed E-state index contributed by atoms with van der Waals surface area (Å²) in [6.45, 7) is 0.339. The van der Waals surface area contributed by atoms with Gasteiger partial charge in [-0.1, -0.05) is 18.2 Å². The van der Waals surface area contributed by atoms with Gasteiger partial charge in [0, 0.05) is 37.8 Å². The lowest BCUT2D eigenvalue weighted by Crippen LogP contribution is -2.42. The fourth-order valence-corrected chi connectivity index (χ4v) is 6.88.